The quantitative estimate of drug-likeness (QED) is 0.311. The maximum Gasteiger partial charge on any atom is 0.259 e. The average molecular weight is 586 g/mol. The first-order valence-electron chi connectivity index (χ1n) is 13.4. The van der Waals surface area contributed by atoms with Crippen LogP contribution in [0.4, 0.5) is 11.4 Å². The van der Waals surface area contributed by atoms with Gasteiger partial charge in [0.05, 0.1) is 27.6 Å². The minimum Gasteiger partial charge on any atom is -0.368 e. The third-order valence-electron chi connectivity index (χ3n) is 7.70. The van der Waals surface area contributed by atoms with Crippen LogP contribution in [0.2, 0.25) is 5.02 Å². The molecule has 4 aromatic carbocycles. The van der Waals surface area contributed by atoms with Crippen molar-refractivity contribution in [1.82, 2.24) is 4.90 Å². The molecular formula is C32H28ClN3O4S. The number of amides is 2. The summed E-state index contributed by atoms with van der Waals surface area (Å²) < 4.78 is 27.5. The van der Waals surface area contributed by atoms with Gasteiger partial charge in [-0.3, -0.25) is 9.59 Å². The van der Waals surface area contributed by atoms with E-state index in [2.05, 4.69) is 4.90 Å². The third-order valence-corrected chi connectivity index (χ3v) is 9.79. The SMILES string of the molecule is Cc1ccc(Cl)cc1N1CCN(C(=O)c2ccc3c(c2)N(Cc2ccccc2)C(=O)c2ccccc2S3(=O)=O)CC1. The Kier molecular flexibility index (Phi) is 7.05. The highest BCUT2D eigenvalue weighted by Gasteiger charge is 2.36. The number of anilines is 2. The van der Waals surface area contributed by atoms with Gasteiger partial charge in [-0.25, -0.2) is 8.42 Å². The molecule has 0 spiro atoms. The number of carbonyl (C=O) groups is 2. The Morgan fingerprint density at radius 1 is 0.805 bits per heavy atom. The van der Waals surface area contributed by atoms with Crippen molar-refractivity contribution >= 4 is 44.6 Å². The van der Waals surface area contributed by atoms with E-state index in [1.807, 2.05) is 55.5 Å². The summed E-state index contributed by atoms with van der Waals surface area (Å²) in [7, 11) is -4.01. The molecule has 2 amide bonds. The second kappa shape index (κ2) is 10.7. The van der Waals surface area contributed by atoms with Crippen LogP contribution in [0.1, 0.15) is 31.8 Å². The molecule has 2 aliphatic heterocycles. The number of halogens is 1. The Bertz CT molecular complexity index is 1770. The number of nitrogens with zero attached hydrogens (tertiary/aromatic N) is 3. The second-order valence-electron chi connectivity index (χ2n) is 10.3. The molecule has 2 aliphatic rings. The molecule has 0 saturated carbocycles. The Labute approximate surface area is 244 Å². The van der Waals surface area contributed by atoms with E-state index >= 15 is 0 Å². The molecule has 208 valence electrons. The fraction of sp³-hybridized carbons (Fsp3) is 0.188. The predicted octanol–water partition coefficient (Wildman–Crippen LogP) is 5.60. The molecule has 2 heterocycles. The third kappa shape index (κ3) is 4.98. The maximum atomic E-state index is 13.8. The summed E-state index contributed by atoms with van der Waals surface area (Å²) in [6.45, 7) is 4.47. The van der Waals surface area contributed by atoms with E-state index in [0.29, 0.717) is 36.8 Å². The normalized spacial score (nSPS) is 16.1. The zero-order valence-corrected chi connectivity index (χ0v) is 24.0. The molecule has 9 heteroatoms. The molecule has 0 atom stereocenters. The summed E-state index contributed by atoms with van der Waals surface area (Å²) in [5.41, 5.74) is 3.66. The topological polar surface area (TPSA) is 78.0 Å². The van der Waals surface area contributed by atoms with Crippen molar-refractivity contribution in [3.63, 3.8) is 0 Å². The van der Waals surface area contributed by atoms with E-state index in [4.69, 9.17) is 11.6 Å². The lowest BCUT2D eigenvalue weighted by Gasteiger charge is -2.37. The largest absolute Gasteiger partial charge is 0.368 e. The fourth-order valence-corrected chi connectivity index (χ4v) is 7.32. The van der Waals surface area contributed by atoms with Crippen molar-refractivity contribution in [2.75, 3.05) is 36.0 Å². The molecule has 0 bridgehead atoms. The van der Waals surface area contributed by atoms with Crippen molar-refractivity contribution in [2.24, 2.45) is 0 Å². The first kappa shape index (κ1) is 27.1. The van der Waals surface area contributed by atoms with Crippen molar-refractivity contribution in [1.29, 1.82) is 0 Å². The van der Waals surface area contributed by atoms with E-state index in [1.165, 1.54) is 23.1 Å². The van der Waals surface area contributed by atoms with E-state index in [9.17, 15) is 18.0 Å². The Morgan fingerprint density at radius 3 is 2.27 bits per heavy atom. The molecule has 7 nitrogen and oxygen atoms in total. The minimum absolute atomic E-state index is 0.00420. The number of hydrogen-bond donors (Lipinski definition) is 0. The zero-order chi connectivity index (χ0) is 28.7. The van der Waals surface area contributed by atoms with Gasteiger partial charge in [-0.05, 0) is 60.5 Å². The number of fused-ring (bicyclic) bond motifs is 2. The summed E-state index contributed by atoms with van der Waals surface area (Å²) in [6, 6.07) is 26.0. The van der Waals surface area contributed by atoms with Crippen molar-refractivity contribution in [3.8, 4) is 0 Å². The van der Waals surface area contributed by atoms with Gasteiger partial charge in [0.1, 0.15) is 0 Å². The van der Waals surface area contributed by atoms with Crippen LogP contribution < -0.4 is 9.80 Å². The highest BCUT2D eigenvalue weighted by Crippen LogP contribution is 2.38. The molecule has 1 saturated heterocycles. The van der Waals surface area contributed by atoms with Gasteiger partial charge < -0.3 is 14.7 Å². The lowest BCUT2D eigenvalue weighted by atomic mass is 10.1. The van der Waals surface area contributed by atoms with Crippen LogP contribution in [0.3, 0.4) is 0 Å². The van der Waals surface area contributed by atoms with Crippen LogP contribution in [0.5, 0.6) is 0 Å². The van der Waals surface area contributed by atoms with Crippen LogP contribution in [-0.2, 0) is 16.4 Å². The molecule has 0 N–H and O–H groups in total. The molecule has 0 radical (unpaired) electrons. The van der Waals surface area contributed by atoms with Crippen molar-refractivity contribution < 1.29 is 18.0 Å². The molecule has 0 aromatic heterocycles. The first-order chi connectivity index (χ1) is 19.7. The second-order valence-corrected chi connectivity index (χ2v) is 12.6. The summed E-state index contributed by atoms with van der Waals surface area (Å²) in [5, 5.41) is 0.667. The molecule has 0 aliphatic carbocycles. The van der Waals surface area contributed by atoms with Gasteiger partial charge in [0, 0.05) is 42.5 Å². The van der Waals surface area contributed by atoms with E-state index in [-0.39, 0.29) is 33.5 Å². The Hall–Kier alpha value is -4.14. The van der Waals surface area contributed by atoms with Gasteiger partial charge >= 0.3 is 0 Å². The Morgan fingerprint density at radius 2 is 1.51 bits per heavy atom. The highest BCUT2D eigenvalue weighted by molar-refractivity contribution is 7.91. The first-order valence-corrected chi connectivity index (χ1v) is 15.2. The number of benzene rings is 4. The van der Waals surface area contributed by atoms with Gasteiger partial charge in [-0.15, -0.1) is 0 Å². The van der Waals surface area contributed by atoms with Crippen molar-refractivity contribution in [2.45, 2.75) is 23.3 Å². The van der Waals surface area contributed by atoms with Gasteiger partial charge in [0.15, 0.2) is 0 Å². The van der Waals surface area contributed by atoms with Gasteiger partial charge in [-0.2, -0.15) is 0 Å². The smallest absolute Gasteiger partial charge is 0.259 e. The number of carbonyl (C=O) groups excluding carboxylic acids is 2. The van der Waals surface area contributed by atoms with E-state index in [0.717, 1.165) is 16.8 Å². The van der Waals surface area contributed by atoms with Crippen molar-refractivity contribution in [3.05, 3.63) is 118 Å². The summed E-state index contributed by atoms with van der Waals surface area (Å²) in [4.78, 5) is 33.0. The van der Waals surface area contributed by atoms with Crippen LogP contribution >= 0.6 is 11.6 Å². The molecule has 6 rings (SSSR count). The maximum absolute atomic E-state index is 13.8. The lowest BCUT2D eigenvalue weighted by molar-refractivity contribution is 0.0746. The Balaban J connectivity index is 1.34. The molecular weight excluding hydrogens is 558 g/mol. The van der Waals surface area contributed by atoms with Gasteiger partial charge in [-0.1, -0.05) is 60.1 Å². The van der Waals surface area contributed by atoms with E-state index in [1.54, 1.807) is 29.2 Å². The van der Waals surface area contributed by atoms with Gasteiger partial charge in [0.25, 0.3) is 11.8 Å². The standard InChI is InChI=1S/C32H28ClN3O4S/c1-22-11-13-25(33)20-27(22)34-15-17-35(18-16-34)31(37)24-12-14-30-28(19-24)36(21-23-7-3-2-4-8-23)32(38)26-9-5-6-10-29(26)41(30,39)40/h2-14,19-20H,15-18,21H2,1H3. The lowest BCUT2D eigenvalue weighted by Crippen LogP contribution is -2.49. The number of piperazine rings is 1. The monoisotopic (exact) mass is 585 g/mol. The van der Waals surface area contributed by atoms with Crippen LogP contribution in [0.15, 0.2) is 101 Å². The number of sulfone groups is 1. The molecule has 1 fully saturated rings. The fourth-order valence-electron chi connectivity index (χ4n) is 5.52. The summed E-state index contributed by atoms with van der Waals surface area (Å²) in [5.74, 6) is -0.636. The van der Waals surface area contributed by atoms with Gasteiger partial charge in [0.2, 0.25) is 9.84 Å². The van der Waals surface area contributed by atoms with E-state index < -0.39 is 15.7 Å². The molecule has 4 aromatic rings. The van der Waals surface area contributed by atoms with Crippen LogP contribution in [0, 0.1) is 6.92 Å². The molecule has 0 unspecified atom stereocenters. The summed E-state index contributed by atoms with van der Waals surface area (Å²) >= 11 is 6.23. The predicted molar refractivity (Wildman–Crippen MR) is 160 cm³/mol. The average Bonchev–Trinajstić information content (AvgIpc) is 3.06. The number of aryl methyl sites for hydroxylation is 1. The zero-order valence-electron chi connectivity index (χ0n) is 22.5. The molecule has 41 heavy (non-hydrogen) atoms. The summed E-state index contributed by atoms with van der Waals surface area (Å²) in [6.07, 6.45) is 0. The number of hydrogen-bond acceptors (Lipinski definition) is 5. The van der Waals surface area contributed by atoms with Crippen LogP contribution in [-0.4, -0.2) is 51.3 Å². The highest BCUT2D eigenvalue weighted by atomic mass is 35.5. The van der Waals surface area contributed by atoms with Crippen LogP contribution in [0.25, 0.3) is 0 Å². The minimum atomic E-state index is -4.01. The number of rotatable bonds is 4.